The first-order valence-electron chi connectivity index (χ1n) is 5.36. The summed E-state index contributed by atoms with van der Waals surface area (Å²) in [5.41, 5.74) is 0.465. The molecule has 0 saturated heterocycles. The number of benzene rings is 1. The molecule has 0 fully saturated rings. The number of ether oxygens (including phenoxy) is 1. The number of fused-ring (bicyclic) bond motifs is 1. The van der Waals surface area contributed by atoms with Gasteiger partial charge in [-0.3, -0.25) is 0 Å². The van der Waals surface area contributed by atoms with Gasteiger partial charge in [-0.05, 0) is 12.1 Å². The highest BCUT2D eigenvalue weighted by Crippen LogP contribution is 2.38. The summed E-state index contributed by atoms with van der Waals surface area (Å²) in [6.45, 7) is -1.60. The van der Waals surface area contributed by atoms with Crippen molar-refractivity contribution >= 4 is 22.6 Å². The molecular weight excluding hydrogens is 266 g/mol. The Morgan fingerprint density at radius 3 is 2.72 bits per heavy atom. The Kier molecular flexibility index (Phi) is 3.73. The van der Waals surface area contributed by atoms with E-state index in [4.69, 9.17) is 16.0 Å². The van der Waals surface area contributed by atoms with E-state index >= 15 is 0 Å². The molecule has 0 unspecified atom stereocenters. The lowest BCUT2D eigenvalue weighted by molar-refractivity contribution is -0.0507. The van der Waals surface area contributed by atoms with Crippen LogP contribution in [-0.2, 0) is 13.0 Å². The number of furan rings is 1. The van der Waals surface area contributed by atoms with Crippen LogP contribution in [-0.4, -0.2) is 11.7 Å². The minimum atomic E-state index is -3.01. The fourth-order valence-corrected chi connectivity index (χ4v) is 2.06. The van der Waals surface area contributed by atoms with E-state index in [1.165, 1.54) is 6.07 Å². The molecular formula is C12H11ClF2O3. The van der Waals surface area contributed by atoms with Gasteiger partial charge in [0.2, 0.25) is 0 Å². The summed E-state index contributed by atoms with van der Waals surface area (Å²) in [7, 11) is 0. The van der Waals surface area contributed by atoms with Crippen LogP contribution < -0.4 is 4.74 Å². The number of aliphatic hydroxyl groups is 1. The molecule has 0 aliphatic carbocycles. The lowest BCUT2D eigenvalue weighted by atomic mass is 10.1. The van der Waals surface area contributed by atoms with E-state index in [1.54, 1.807) is 6.07 Å². The highest BCUT2D eigenvalue weighted by molar-refractivity contribution is 6.33. The molecule has 0 spiro atoms. The molecule has 18 heavy (non-hydrogen) atoms. The van der Waals surface area contributed by atoms with Crippen LogP contribution in [0.4, 0.5) is 8.78 Å². The maximum absolute atomic E-state index is 12.3. The van der Waals surface area contributed by atoms with Crippen LogP contribution in [0.1, 0.15) is 18.2 Å². The van der Waals surface area contributed by atoms with Crippen LogP contribution >= 0.6 is 11.6 Å². The van der Waals surface area contributed by atoms with Gasteiger partial charge in [0.25, 0.3) is 0 Å². The van der Waals surface area contributed by atoms with Crippen LogP contribution in [0, 0.1) is 0 Å². The van der Waals surface area contributed by atoms with E-state index in [0.717, 1.165) is 0 Å². The zero-order valence-electron chi connectivity index (χ0n) is 9.54. The van der Waals surface area contributed by atoms with Crippen LogP contribution in [0.3, 0.4) is 0 Å². The molecule has 98 valence electrons. The molecule has 3 nitrogen and oxygen atoms in total. The summed E-state index contributed by atoms with van der Waals surface area (Å²) in [5, 5.41) is 9.97. The molecule has 1 aromatic heterocycles. The lowest BCUT2D eigenvalue weighted by Gasteiger charge is -2.11. The number of halogens is 3. The maximum atomic E-state index is 12.3. The van der Waals surface area contributed by atoms with Gasteiger partial charge in [-0.2, -0.15) is 8.78 Å². The molecule has 1 N–H and O–H groups in total. The second-order valence-corrected chi connectivity index (χ2v) is 4.09. The fraction of sp³-hybridized carbons (Fsp3) is 0.333. The number of aliphatic hydroxyl groups excluding tert-OH is 1. The van der Waals surface area contributed by atoms with E-state index in [1.807, 2.05) is 6.92 Å². The number of hydrogen-bond donors (Lipinski definition) is 1. The van der Waals surface area contributed by atoms with Crippen molar-refractivity contribution < 1.29 is 23.0 Å². The molecule has 2 rings (SSSR count). The molecule has 0 saturated carbocycles. The predicted octanol–water partition coefficient (Wildman–Crippen LogP) is 3.74. The van der Waals surface area contributed by atoms with E-state index < -0.39 is 13.2 Å². The van der Waals surface area contributed by atoms with Crippen molar-refractivity contribution in [1.29, 1.82) is 0 Å². The van der Waals surface area contributed by atoms with Crippen LogP contribution in [0.2, 0.25) is 5.02 Å². The molecule has 0 bridgehead atoms. The van der Waals surface area contributed by atoms with Crippen molar-refractivity contribution in [2.45, 2.75) is 26.6 Å². The summed E-state index contributed by atoms with van der Waals surface area (Å²) in [5.74, 6) is 0.448. The molecule has 1 heterocycles. The van der Waals surface area contributed by atoms with E-state index in [-0.39, 0.29) is 16.3 Å². The number of rotatable bonds is 4. The van der Waals surface area contributed by atoms with Gasteiger partial charge in [-0.15, -0.1) is 0 Å². The maximum Gasteiger partial charge on any atom is 0.387 e. The average Bonchev–Trinajstić information content (AvgIpc) is 2.72. The molecule has 0 aliphatic rings. The Bertz CT molecular complexity index is 566. The Morgan fingerprint density at radius 2 is 2.17 bits per heavy atom. The Balaban J connectivity index is 2.66. The van der Waals surface area contributed by atoms with Crippen LogP contribution in [0.25, 0.3) is 11.0 Å². The fourth-order valence-electron chi connectivity index (χ4n) is 1.79. The van der Waals surface area contributed by atoms with Crippen molar-refractivity contribution in [3.05, 3.63) is 28.5 Å². The predicted molar refractivity (Wildman–Crippen MR) is 63.2 cm³/mol. The first-order valence-corrected chi connectivity index (χ1v) is 5.74. The van der Waals surface area contributed by atoms with Gasteiger partial charge in [-0.25, -0.2) is 0 Å². The summed E-state index contributed by atoms with van der Waals surface area (Å²) in [6.07, 6.45) is 0.655. The zero-order chi connectivity index (χ0) is 13.3. The van der Waals surface area contributed by atoms with Gasteiger partial charge in [0, 0.05) is 11.8 Å². The number of alkyl halides is 2. The van der Waals surface area contributed by atoms with Crippen molar-refractivity contribution in [3.63, 3.8) is 0 Å². The summed E-state index contributed by atoms with van der Waals surface area (Å²) in [6, 6.07) is 3.24. The van der Waals surface area contributed by atoms with Gasteiger partial charge in [0.1, 0.15) is 11.3 Å². The molecule has 1 aromatic carbocycles. The third-order valence-electron chi connectivity index (χ3n) is 2.57. The summed E-state index contributed by atoms with van der Waals surface area (Å²) >= 11 is 5.87. The standard InChI is InChI=1S/C12H11ClF2O3/c1-2-7-3-6-4-9(13)11(18-12(14)15)8(5-16)10(6)17-7/h3-4,12,16H,2,5H2,1H3. The average molecular weight is 277 g/mol. The zero-order valence-corrected chi connectivity index (χ0v) is 10.3. The van der Waals surface area contributed by atoms with Gasteiger partial charge in [-0.1, -0.05) is 18.5 Å². The molecule has 0 amide bonds. The second-order valence-electron chi connectivity index (χ2n) is 3.69. The van der Waals surface area contributed by atoms with Crippen LogP contribution in [0.5, 0.6) is 5.75 Å². The van der Waals surface area contributed by atoms with E-state index in [0.29, 0.717) is 23.2 Å². The van der Waals surface area contributed by atoms with E-state index in [9.17, 15) is 13.9 Å². The first-order chi connectivity index (χ1) is 8.56. The first kappa shape index (κ1) is 13.1. The van der Waals surface area contributed by atoms with E-state index in [2.05, 4.69) is 4.74 Å². The van der Waals surface area contributed by atoms with Gasteiger partial charge in [0.05, 0.1) is 17.2 Å². The van der Waals surface area contributed by atoms with Crippen molar-refractivity contribution in [1.82, 2.24) is 0 Å². The molecule has 0 radical (unpaired) electrons. The van der Waals surface area contributed by atoms with Crippen molar-refractivity contribution in [2.75, 3.05) is 0 Å². The highest BCUT2D eigenvalue weighted by atomic mass is 35.5. The molecule has 2 aromatic rings. The quantitative estimate of drug-likeness (QED) is 0.925. The number of hydrogen-bond acceptors (Lipinski definition) is 3. The smallest absolute Gasteiger partial charge is 0.387 e. The molecule has 0 aliphatic heterocycles. The van der Waals surface area contributed by atoms with Gasteiger partial charge in [0.15, 0.2) is 5.75 Å². The highest BCUT2D eigenvalue weighted by Gasteiger charge is 2.19. The monoisotopic (exact) mass is 276 g/mol. The SMILES string of the molecule is CCc1cc2cc(Cl)c(OC(F)F)c(CO)c2o1. The normalized spacial score (nSPS) is 11.4. The molecule has 6 heteroatoms. The lowest BCUT2D eigenvalue weighted by Crippen LogP contribution is -2.05. The third-order valence-corrected chi connectivity index (χ3v) is 2.85. The van der Waals surface area contributed by atoms with Crippen LogP contribution in [0.15, 0.2) is 16.5 Å². The number of aryl methyl sites for hydroxylation is 1. The van der Waals surface area contributed by atoms with Crippen molar-refractivity contribution in [3.8, 4) is 5.75 Å². The topological polar surface area (TPSA) is 42.6 Å². The minimum Gasteiger partial charge on any atom is -0.461 e. The Labute approximate surface area is 107 Å². The Morgan fingerprint density at radius 1 is 1.44 bits per heavy atom. The van der Waals surface area contributed by atoms with Gasteiger partial charge >= 0.3 is 6.61 Å². The summed E-state index contributed by atoms with van der Waals surface area (Å²) in [4.78, 5) is 0. The third kappa shape index (κ3) is 2.28. The second kappa shape index (κ2) is 5.12. The minimum absolute atomic E-state index is 0.0234. The van der Waals surface area contributed by atoms with Crippen molar-refractivity contribution in [2.24, 2.45) is 0 Å². The Hall–Kier alpha value is -1.33. The molecule has 0 atom stereocenters. The van der Waals surface area contributed by atoms with Gasteiger partial charge < -0.3 is 14.3 Å². The largest absolute Gasteiger partial charge is 0.461 e. The summed E-state index contributed by atoms with van der Waals surface area (Å²) < 4.78 is 34.4.